The van der Waals surface area contributed by atoms with Crippen LogP contribution in [0.3, 0.4) is 0 Å². The molecule has 0 radical (unpaired) electrons. The lowest BCUT2D eigenvalue weighted by atomic mass is 10.1. The lowest BCUT2D eigenvalue weighted by Crippen LogP contribution is -2.37. The Hall–Kier alpha value is -1.54. The molecule has 1 aromatic carbocycles. The van der Waals surface area contributed by atoms with Crippen molar-refractivity contribution in [3.05, 3.63) is 59.5 Å². The van der Waals surface area contributed by atoms with Gasteiger partial charge in [-0.25, -0.2) is 4.99 Å². The number of furan rings is 1. The average Bonchev–Trinajstić information content (AvgIpc) is 3.13. The number of guanidine groups is 1. The summed E-state index contributed by atoms with van der Waals surface area (Å²) in [7, 11) is 2.11. The molecule has 1 aromatic heterocycles. The van der Waals surface area contributed by atoms with E-state index in [4.69, 9.17) is 9.41 Å². The molecule has 0 saturated heterocycles. The second-order valence-corrected chi connectivity index (χ2v) is 6.50. The molecular weight excluding hydrogens is 451 g/mol. The number of aliphatic imine (C=N–C) groups is 1. The van der Waals surface area contributed by atoms with Gasteiger partial charge in [0.05, 0.1) is 19.4 Å². The third kappa shape index (κ3) is 8.79. The number of hydrogen-bond acceptors (Lipinski definition) is 3. The fourth-order valence-electron chi connectivity index (χ4n) is 2.77. The summed E-state index contributed by atoms with van der Waals surface area (Å²) in [6.45, 7) is 8.45. The Morgan fingerprint density at radius 2 is 1.81 bits per heavy atom. The van der Waals surface area contributed by atoms with Crippen molar-refractivity contribution in [1.29, 1.82) is 0 Å². The fourth-order valence-corrected chi connectivity index (χ4v) is 2.77. The van der Waals surface area contributed by atoms with Crippen LogP contribution >= 0.6 is 24.0 Å². The molecule has 0 fully saturated rings. The monoisotopic (exact) mass is 484 g/mol. The number of rotatable bonds is 10. The lowest BCUT2D eigenvalue weighted by molar-refractivity contribution is 0.287. The number of nitrogens with one attached hydrogen (secondary N) is 2. The smallest absolute Gasteiger partial charge is 0.191 e. The molecule has 150 valence electrons. The van der Waals surface area contributed by atoms with Crippen LogP contribution in [0, 0.1) is 0 Å². The summed E-state index contributed by atoms with van der Waals surface area (Å²) in [5.74, 6) is 1.87. The molecule has 0 unspecified atom stereocenters. The Kier molecular flexibility index (Phi) is 11.8. The molecule has 0 amide bonds. The van der Waals surface area contributed by atoms with Gasteiger partial charge in [-0.05, 0) is 43.7 Å². The zero-order valence-corrected chi connectivity index (χ0v) is 19.0. The van der Waals surface area contributed by atoms with E-state index in [2.05, 4.69) is 60.7 Å². The molecule has 1 heterocycles. The van der Waals surface area contributed by atoms with E-state index in [1.807, 2.05) is 12.1 Å². The third-order valence-corrected chi connectivity index (χ3v) is 4.14. The highest BCUT2D eigenvalue weighted by atomic mass is 127. The quantitative estimate of drug-likeness (QED) is 0.228. The van der Waals surface area contributed by atoms with Crippen molar-refractivity contribution < 1.29 is 4.42 Å². The molecule has 2 aromatic rings. The van der Waals surface area contributed by atoms with Crippen LogP contribution in [0.5, 0.6) is 0 Å². The highest BCUT2D eigenvalue weighted by molar-refractivity contribution is 14.0. The highest BCUT2D eigenvalue weighted by Crippen LogP contribution is 2.14. The highest BCUT2D eigenvalue weighted by Gasteiger charge is 2.07. The number of unbranched alkanes of at least 4 members (excludes halogenated alkanes) is 1. The van der Waals surface area contributed by atoms with Crippen molar-refractivity contribution in [2.75, 3.05) is 20.1 Å². The summed E-state index contributed by atoms with van der Waals surface area (Å²) in [6.07, 6.45) is 4.05. The second kappa shape index (κ2) is 13.6. The zero-order chi connectivity index (χ0) is 18.6. The summed E-state index contributed by atoms with van der Waals surface area (Å²) < 4.78 is 5.44. The summed E-state index contributed by atoms with van der Waals surface area (Å²) in [4.78, 5) is 7.01. The molecular formula is C21H33IN4O. The van der Waals surface area contributed by atoms with E-state index in [1.54, 1.807) is 6.26 Å². The molecule has 2 N–H and O–H groups in total. The van der Waals surface area contributed by atoms with Gasteiger partial charge in [0.2, 0.25) is 0 Å². The summed E-state index contributed by atoms with van der Waals surface area (Å²) in [5, 5.41) is 6.72. The Bertz CT molecular complexity index is 658. The molecule has 0 saturated carbocycles. The van der Waals surface area contributed by atoms with Gasteiger partial charge in [0.25, 0.3) is 0 Å². The van der Waals surface area contributed by atoms with Crippen molar-refractivity contribution >= 4 is 29.9 Å². The van der Waals surface area contributed by atoms with Gasteiger partial charge in [-0.2, -0.15) is 0 Å². The van der Waals surface area contributed by atoms with Crippen LogP contribution in [0.2, 0.25) is 0 Å². The van der Waals surface area contributed by atoms with Crippen molar-refractivity contribution in [3.63, 3.8) is 0 Å². The summed E-state index contributed by atoms with van der Waals surface area (Å²) in [5.41, 5.74) is 2.56. The van der Waals surface area contributed by atoms with Gasteiger partial charge in [0, 0.05) is 19.6 Å². The molecule has 0 aliphatic heterocycles. The Balaban J connectivity index is 0.00000364. The van der Waals surface area contributed by atoms with Crippen molar-refractivity contribution in [3.8, 4) is 0 Å². The summed E-state index contributed by atoms with van der Waals surface area (Å²) in [6, 6.07) is 12.5. The first-order chi connectivity index (χ1) is 12.7. The molecule has 27 heavy (non-hydrogen) atoms. The van der Waals surface area contributed by atoms with Crippen LogP contribution in [0.15, 0.2) is 52.1 Å². The van der Waals surface area contributed by atoms with E-state index >= 15 is 0 Å². The molecule has 6 heteroatoms. The van der Waals surface area contributed by atoms with Gasteiger partial charge in [-0.3, -0.25) is 4.90 Å². The van der Waals surface area contributed by atoms with Crippen LogP contribution in [0.25, 0.3) is 0 Å². The molecule has 5 nitrogen and oxygen atoms in total. The minimum atomic E-state index is 0. The van der Waals surface area contributed by atoms with Gasteiger partial charge in [0.1, 0.15) is 5.76 Å². The molecule has 0 atom stereocenters. The number of halogens is 1. The molecule has 0 spiro atoms. The van der Waals surface area contributed by atoms with Gasteiger partial charge in [0.15, 0.2) is 5.96 Å². The van der Waals surface area contributed by atoms with Crippen LogP contribution < -0.4 is 10.6 Å². The first-order valence-electron chi connectivity index (χ1n) is 9.52. The first kappa shape index (κ1) is 23.5. The maximum Gasteiger partial charge on any atom is 0.191 e. The standard InChI is InChI=1S/C21H32N4O.HI/c1-4-6-13-23-21(22-5-2)24-15-18-10-7-8-11-19(18)16-25(3)17-20-12-9-14-26-20;/h7-12,14H,4-6,13,15-17H2,1-3H3,(H2,22,23,24);1H. The molecule has 0 bridgehead atoms. The van der Waals surface area contributed by atoms with Crippen LogP contribution in [0.4, 0.5) is 0 Å². The van der Waals surface area contributed by atoms with Gasteiger partial charge in [-0.15, -0.1) is 24.0 Å². The predicted octanol–water partition coefficient (Wildman–Crippen LogP) is 4.38. The number of hydrogen-bond donors (Lipinski definition) is 2. The van der Waals surface area contributed by atoms with E-state index in [0.29, 0.717) is 6.54 Å². The second-order valence-electron chi connectivity index (χ2n) is 6.50. The summed E-state index contributed by atoms with van der Waals surface area (Å²) >= 11 is 0. The van der Waals surface area contributed by atoms with Crippen LogP contribution in [0.1, 0.15) is 43.6 Å². The third-order valence-electron chi connectivity index (χ3n) is 4.14. The van der Waals surface area contributed by atoms with Crippen molar-refractivity contribution in [1.82, 2.24) is 15.5 Å². The topological polar surface area (TPSA) is 52.8 Å². The first-order valence-corrected chi connectivity index (χ1v) is 9.52. The zero-order valence-electron chi connectivity index (χ0n) is 16.7. The average molecular weight is 484 g/mol. The van der Waals surface area contributed by atoms with Gasteiger partial charge in [-0.1, -0.05) is 37.6 Å². The van der Waals surface area contributed by atoms with E-state index in [-0.39, 0.29) is 24.0 Å². The van der Waals surface area contributed by atoms with E-state index in [9.17, 15) is 0 Å². The van der Waals surface area contributed by atoms with Crippen LogP contribution in [-0.4, -0.2) is 31.0 Å². The Morgan fingerprint density at radius 3 is 2.48 bits per heavy atom. The maximum absolute atomic E-state index is 5.44. The molecule has 2 rings (SSSR count). The van der Waals surface area contributed by atoms with E-state index in [1.165, 1.54) is 17.5 Å². The minimum absolute atomic E-state index is 0. The lowest BCUT2D eigenvalue weighted by Gasteiger charge is -2.17. The van der Waals surface area contributed by atoms with E-state index in [0.717, 1.165) is 44.3 Å². The minimum Gasteiger partial charge on any atom is -0.468 e. The maximum atomic E-state index is 5.44. The largest absolute Gasteiger partial charge is 0.468 e. The predicted molar refractivity (Wildman–Crippen MR) is 123 cm³/mol. The normalized spacial score (nSPS) is 11.3. The van der Waals surface area contributed by atoms with Crippen molar-refractivity contribution in [2.24, 2.45) is 4.99 Å². The van der Waals surface area contributed by atoms with Gasteiger partial charge < -0.3 is 15.1 Å². The van der Waals surface area contributed by atoms with Gasteiger partial charge >= 0.3 is 0 Å². The van der Waals surface area contributed by atoms with Crippen molar-refractivity contribution in [2.45, 2.75) is 46.3 Å². The molecule has 0 aliphatic carbocycles. The fraction of sp³-hybridized carbons (Fsp3) is 0.476. The van der Waals surface area contributed by atoms with Crippen LogP contribution in [-0.2, 0) is 19.6 Å². The Labute approximate surface area is 180 Å². The Morgan fingerprint density at radius 1 is 1.04 bits per heavy atom. The number of nitrogens with zero attached hydrogens (tertiary/aromatic N) is 2. The SMILES string of the molecule is CCCCNC(=NCc1ccccc1CN(C)Cc1ccco1)NCC.I. The number of benzene rings is 1. The molecule has 0 aliphatic rings. The van der Waals surface area contributed by atoms with E-state index < -0.39 is 0 Å².